The maximum absolute atomic E-state index is 11.1. The lowest BCUT2D eigenvalue weighted by atomic mass is 9.78. The molecular formula is C17H15O3-. The van der Waals surface area contributed by atoms with Crippen molar-refractivity contribution >= 4 is 5.97 Å². The third-order valence-electron chi connectivity index (χ3n) is 3.84. The Kier molecular flexibility index (Phi) is 3.42. The van der Waals surface area contributed by atoms with Crippen molar-refractivity contribution in [2.75, 3.05) is 6.61 Å². The lowest BCUT2D eigenvalue weighted by Crippen LogP contribution is -2.31. The number of benzene rings is 2. The number of para-hydroxylation sites is 1. The molecule has 3 heteroatoms. The minimum absolute atomic E-state index is 0.0138. The van der Waals surface area contributed by atoms with Crippen LogP contribution in [-0.4, -0.2) is 12.6 Å². The molecule has 3 rings (SSSR count). The van der Waals surface area contributed by atoms with Gasteiger partial charge < -0.3 is 14.6 Å². The number of carboxylic acids is 1. The minimum atomic E-state index is -1.02. The van der Waals surface area contributed by atoms with E-state index in [9.17, 15) is 9.90 Å². The molecule has 102 valence electrons. The zero-order valence-corrected chi connectivity index (χ0v) is 11.0. The van der Waals surface area contributed by atoms with Crippen LogP contribution in [0.3, 0.4) is 0 Å². The van der Waals surface area contributed by atoms with Gasteiger partial charge in [0.15, 0.2) is 0 Å². The summed E-state index contributed by atoms with van der Waals surface area (Å²) in [5.41, 5.74) is 2.06. The topological polar surface area (TPSA) is 49.4 Å². The van der Waals surface area contributed by atoms with Gasteiger partial charge in [-0.3, -0.25) is 0 Å². The Labute approximate surface area is 117 Å². The molecule has 1 aliphatic heterocycles. The fraction of sp³-hybridized carbons (Fsp3) is 0.235. The molecule has 0 amide bonds. The molecule has 1 aliphatic rings. The second-order valence-electron chi connectivity index (χ2n) is 5.05. The second kappa shape index (κ2) is 5.37. The largest absolute Gasteiger partial charge is 0.550 e. The Bertz CT molecular complexity index is 607. The number of rotatable bonds is 3. The molecule has 20 heavy (non-hydrogen) atoms. The fourth-order valence-electron chi connectivity index (χ4n) is 2.89. The van der Waals surface area contributed by atoms with Crippen molar-refractivity contribution in [3.05, 3.63) is 65.7 Å². The maximum atomic E-state index is 11.1. The summed E-state index contributed by atoms with van der Waals surface area (Å²) in [6, 6.07) is 17.6. The second-order valence-corrected chi connectivity index (χ2v) is 5.05. The zero-order chi connectivity index (χ0) is 13.9. The molecule has 0 radical (unpaired) electrons. The summed E-state index contributed by atoms with van der Waals surface area (Å²) in [6.45, 7) is 0.499. The van der Waals surface area contributed by atoms with E-state index in [0.29, 0.717) is 6.61 Å². The molecule has 0 N–H and O–H groups in total. The summed E-state index contributed by atoms with van der Waals surface area (Å²) < 4.78 is 5.79. The smallest absolute Gasteiger partial charge is 0.122 e. The maximum Gasteiger partial charge on any atom is 0.122 e. The summed E-state index contributed by atoms with van der Waals surface area (Å²) in [4.78, 5) is 11.1. The summed E-state index contributed by atoms with van der Waals surface area (Å²) in [6.07, 6.45) is 0.0138. The van der Waals surface area contributed by atoms with E-state index in [1.165, 1.54) is 0 Å². The van der Waals surface area contributed by atoms with Crippen LogP contribution in [0.4, 0.5) is 0 Å². The van der Waals surface area contributed by atoms with Crippen molar-refractivity contribution in [1.29, 1.82) is 0 Å². The molecule has 0 bridgehead atoms. The highest BCUT2D eigenvalue weighted by Crippen LogP contribution is 2.43. The molecule has 0 spiro atoms. The normalized spacial score (nSPS) is 20.8. The molecule has 1 heterocycles. The van der Waals surface area contributed by atoms with E-state index >= 15 is 0 Å². The van der Waals surface area contributed by atoms with Gasteiger partial charge in [0.25, 0.3) is 0 Å². The monoisotopic (exact) mass is 267 g/mol. The Hall–Kier alpha value is -2.29. The highest BCUT2D eigenvalue weighted by Gasteiger charge is 2.31. The first-order valence-corrected chi connectivity index (χ1v) is 6.72. The van der Waals surface area contributed by atoms with Crippen molar-refractivity contribution in [3.8, 4) is 5.75 Å². The highest BCUT2D eigenvalue weighted by atomic mass is 16.5. The number of ether oxygens (including phenoxy) is 1. The van der Waals surface area contributed by atoms with Gasteiger partial charge in [-0.1, -0.05) is 48.5 Å². The predicted octanol–water partition coefficient (Wildman–Crippen LogP) is 2.09. The van der Waals surface area contributed by atoms with Gasteiger partial charge in [0.1, 0.15) is 5.75 Å². The molecule has 0 aliphatic carbocycles. The third kappa shape index (κ3) is 2.39. The molecule has 2 atom stereocenters. The van der Waals surface area contributed by atoms with Crippen LogP contribution in [0.2, 0.25) is 0 Å². The molecule has 0 aromatic heterocycles. The minimum Gasteiger partial charge on any atom is -0.550 e. The predicted molar refractivity (Wildman–Crippen MR) is 73.5 cm³/mol. The van der Waals surface area contributed by atoms with Gasteiger partial charge >= 0.3 is 0 Å². The number of carboxylic acid groups (broad SMARTS) is 1. The van der Waals surface area contributed by atoms with Crippen LogP contribution in [0, 0.1) is 0 Å². The lowest BCUT2D eigenvalue weighted by Gasteiger charge is -2.34. The Morgan fingerprint density at radius 2 is 1.80 bits per heavy atom. The average Bonchev–Trinajstić information content (AvgIpc) is 2.48. The Morgan fingerprint density at radius 3 is 2.55 bits per heavy atom. The number of hydrogen-bond acceptors (Lipinski definition) is 3. The number of hydrogen-bond donors (Lipinski definition) is 0. The van der Waals surface area contributed by atoms with E-state index in [4.69, 9.17) is 4.74 Å². The van der Waals surface area contributed by atoms with E-state index in [-0.39, 0.29) is 18.3 Å². The summed E-state index contributed by atoms with van der Waals surface area (Å²) >= 11 is 0. The van der Waals surface area contributed by atoms with Crippen LogP contribution in [0.5, 0.6) is 5.75 Å². The van der Waals surface area contributed by atoms with Gasteiger partial charge in [-0.05, 0) is 23.6 Å². The van der Waals surface area contributed by atoms with Crippen LogP contribution in [0.15, 0.2) is 54.6 Å². The van der Waals surface area contributed by atoms with Crippen molar-refractivity contribution in [3.63, 3.8) is 0 Å². The first-order chi connectivity index (χ1) is 9.75. The number of carbonyl (C=O) groups is 1. The molecule has 0 fully saturated rings. The SMILES string of the molecule is O=C([O-])C[C@H]1c2ccccc2OC[C@H]1c1ccccc1. The first-order valence-electron chi connectivity index (χ1n) is 6.72. The molecular weight excluding hydrogens is 252 g/mol. The van der Waals surface area contributed by atoms with Gasteiger partial charge in [-0.2, -0.15) is 0 Å². The van der Waals surface area contributed by atoms with E-state index < -0.39 is 5.97 Å². The molecule has 2 aromatic carbocycles. The van der Waals surface area contributed by atoms with Gasteiger partial charge in [0.05, 0.1) is 6.61 Å². The fourth-order valence-corrected chi connectivity index (χ4v) is 2.89. The number of carbonyl (C=O) groups excluding carboxylic acids is 1. The van der Waals surface area contributed by atoms with Crippen LogP contribution in [-0.2, 0) is 4.79 Å². The van der Waals surface area contributed by atoms with Gasteiger partial charge in [-0.25, -0.2) is 0 Å². The summed E-state index contributed by atoms with van der Waals surface area (Å²) in [5.74, 6) is -0.296. The zero-order valence-electron chi connectivity index (χ0n) is 11.0. The molecule has 0 saturated heterocycles. The summed E-state index contributed by atoms with van der Waals surface area (Å²) in [5, 5.41) is 11.1. The number of fused-ring (bicyclic) bond motifs is 1. The van der Waals surface area contributed by atoms with Gasteiger partial charge in [0.2, 0.25) is 0 Å². The van der Waals surface area contributed by atoms with Gasteiger partial charge in [0, 0.05) is 17.8 Å². The molecule has 0 saturated carbocycles. The Morgan fingerprint density at radius 1 is 1.10 bits per heavy atom. The van der Waals surface area contributed by atoms with Crippen molar-refractivity contribution in [2.24, 2.45) is 0 Å². The Balaban J connectivity index is 2.01. The van der Waals surface area contributed by atoms with E-state index in [0.717, 1.165) is 16.9 Å². The number of aliphatic carboxylic acids is 1. The molecule has 2 aromatic rings. The lowest BCUT2D eigenvalue weighted by molar-refractivity contribution is -0.306. The van der Waals surface area contributed by atoms with E-state index in [1.54, 1.807) is 0 Å². The van der Waals surface area contributed by atoms with Crippen LogP contribution in [0.25, 0.3) is 0 Å². The van der Waals surface area contributed by atoms with Crippen LogP contribution >= 0.6 is 0 Å². The van der Waals surface area contributed by atoms with Crippen molar-refractivity contribution in [1.82, 2.24) is 0 Å². The quantitative estimate of drug-likeness (QED) is 0.855. The van der Waals surface area contributed by atoms with Crippen molar-refractivity contribution in [2.45, 2.75) is 18.3 Å². The first kappa shape index (κ1) is 12.7. The van der Waals surface area contributed by atoms with Crippen LogP contribution < -0.4 is 9.84 Å². The van der Waals surface area contributed by atoms with E-state index in [1.807, 2.05) is 54.6 Å². The van der Waals surface area contributed by atoms with Gasteiger partial charge in [-0.15, -0.1) is 0 Å². The molecule has 0 unspecified atom stereocenters. The van der Waals surface area contributed by atoms with Crippen molar-refractivity contribution < 1.29 is 14.6 Å². The highest BCUT2D eigenvalue weighted by molar-refractivity contribution is 5.66. The van der Waals surface area contributed by atoms with E-state index in [2.05, 4.69) is 0 Å². The third-order valence-corrected chi connectivity index (χ3v) is 3.84. The average molecular weight is 267 g/mol. The summed E-state index contributed by atoms with van der Waals surface area (Å²) in [7, 11) is 0. The van der Waals surface area contributed by atoms with Crippen LogP contribution in [0.1, 0.15) is 29.4 Å². The molecule has 3 nitrogen and oxygen atoms in total. The standard InChI is InChI=1S/C17H16O3/c18-17(19)10-14-13-8-4-5-9-16(13)20-11-15(14)12-6-2-1-3-7-12/h1-9,14-15H,10-11H2,(H,18,19)/p-1/t14-,15-/m0/s1.